The van der Waals surface area contributed by atoms with E-state index in [-0.39, 0.29) is 11.8 Å². The van der Waals surface area contributed by atoms with Crippen molar-refractivity contribution in [2.24, 2.45) is 13.0 Å². The van der Waals surface area contributed by atoms with Gasteiger partial charge in [0.15, 0.2) is 11.7 Å². The molecule has 0 unspecified atom stereocenters. The lowest BCUT2D eigenvalue weighted by molar-refractivity contribution is -0.119. The van der Waals surface area contributed by atoms with Crippen molar-refractivity contribution >= 4 is 11.7 Å². The number of amides is 1. The summed E-state index contributed by atoms with van der Waals surface area (Å²) in [7, 11) is 3.34. The fourth-order valence-electron chi connectivity index (χ4n) is 3.40. The van der Waals surface area contributed by atoms with Gasteiger partial charge in [0.2, 0.25) is 5.91 Å². The third-order valence-electron chi connectivity index (χ3n) is 4.67. The Morgan fingerprint density at radius 1 is 1.50 bits per heavy atom. The van der Waals surface area contributed by atoms with Crippen LogP contribution in [-0.2, 0) is 11.8 Å². The monoisotopic (exact) mass is 332 g/mol. The first-order valence-corrected chi connectivity index (χ1v) is 8.32. The van der Waals surface area contributed by atoms with Crippen LogP contribution in [0.4, 0.5) is 5.82 Å². The summed E-state index contributed by atoms with van der Waals surface area (Å²) in [5.41, 5.74) is 0. The molecule has 0 bridgehead atoms. The minimum atomic E-state index is -0.487. The maximum Gasteiger partial charge on any atom is 0.248 e. The van der Waals surface area contributed by atoms with Crippen LogP contribution in [0.1, 0.15) is 38.1 Å². The number of hydrogen-bond acceptors (Lipinski definition) is 4. The lowest BCUT2D eigenvalue weighted by Gasteiger charge is -2.21. The third kappa shape index (κ3) is 3.55. The highest BCUT2D eigenvalue weighted by atomic mass is 16.5. The fraction of sp³-hybridized carbons (Fsp3) is 0.529. The predicted octanol–water partition coefficient (Wildman–Crippen LogP) is 2.70. The Labute approximate surface area is 141 Å². The predicted molar refractivity (Wildman–Crippen MR) is 90.1 cm³/mol. The topological polar surface area (TPSA) is 81.3 Å². The molecule has 2 aromatic rings. The highest BCUT2D eigenvalue weighted by Crippen LogP contribution is 2.35. The van der Waals surface area contributed by atoms with Crippen LogP contribution in [0.2, 0.25) is 0 Å². The maximum absolute atomic E-state index is 12.8. The van der Waals surface area contributed by atoms with Crippen molar-refractivity contribution in [2.75, 3.05) is 12.4 Å². The summed E-state index contributed by atoms with van der Waals surface area (Å²) >= 11 is 0. The minimum absolute atomic E-state index is 0.0333. The average Bonchev–Trinajstić information content (AvgIpc) is 3.27. The Morgan fingerprint density at radius 2 is 2.25 bits per heavy atom. The normalized spacial score (nSPS) is 16.2. The van der Waals surface area contributed by atoms with Crippen LogP contribution in [0, 0.1) is 5.92 Å². The second kappa shape index (κ2) is 6.98. The van der Waals surface area contributed by atoms with Gasteiger partial charge in [-0.15, -0.1) is 0 Å². The Balaban J connectivity index is 1.82. The number of ether oxygens (including phenoxy) is 1. The van der Waals surface area contributed by atoms with Crippen LogP contribution in [0.15, 0.2) is 24.5 Å². The van der Waals surface area contributed by atoms with Crippen LogP contribution in [0.3, 0.4) is 0 Å². The zero-order valence-corrected chi connectivity index (χ0v) is 14.1. The molecule has 0 saturated heterocycles. The summed E-state index contributed by atoms with van der Waals surface area (Å²) in [4.78, 5) is 12.8. The lowest BCUT2D eigenvalue weighted by atomic mass is 9.97. The van der Waals surface area contributed by atoms with Gasteiger partial charge in [0, 0.05) is 25.4 Å². The van der Waals surface area contributed by atoms with Gasteiger partial charge >= 0.3 is 0 Å². The smallest absolute Gasteiger partial charge is 0.248 e. The van der Waals surface area contributed by atoms with Crippen molar-refractivity contribution in [3.8, 4) is 11.6 Å². The maximum atomic E-state index is 12.8. The second-order valence-corrected chi connectivity index (χ2v) is 6.41. The van der Waals surface area contributed by atoms with Gasteiger partial charge in [-0.1, -0.05) is 25.7 Å². The van der Waals surface area contributed by atoms with E-state index in [1.165, 1.54) is 18.9 Å². The van der Waals surface area contributed by atoms with Crippen LogP contribution < -0.4 is 10.1 Å². The molecule has 2 aromatic heterocycles. The van der Waals surface area contributed by atoms with Gasteiger partial charge in [-0.25, -0.2) is 0 Å². The Morgan fingerprint density at radius 3 is 2.83 bits per heavy atom. The van der Waals surface area contributed by atoms with E-state index >= 15 is 0 Å². The summed E-state index contributed by atoms with van der Waals surface area (Å²) in [6.45, 7) is 0. The molecule has 0 aromatic carbocycles. The van der Waals surface area contributed by atoms with Gasteiger partial charge < -0.3 is 19.7 Å². The molecule has 0 radical (unpaired) electrons. The molecule has 1 saturated carbocycles. The van der Waals surface area contributed by atoms with E-state index in [9.17, 15) is 9.90 Å². The van der Waals surface area contributed by atoms with E-state index < -0.39 is 6.04 Å². The number of rotatable bonds is 6. The molecule has 0 spiro atoms. The molecular weight excluding hydrogens is 308 g/mol. The molecule has 1 aliphatic carbocycles. The van der Waals surface area contributed by atoms with Crippen LogP contribution >= 0.6 is 0 Å². The minimum Gasteiger partial charge on any atom is -0.495 e. The number of nitrogens with zero attached hydrogens (tertiary/aromatic N) is 3. The van der Waals surface area contributed by atoms with E-state index in [4.69, 9.17) is 4.74 Å². The molecule has 2 heterocycles. The molecule has 2 N–H and O–H groups in total. The van der Waals surface area contributed by atoms with E-state index in [0.29, 0.717) is 23.9 Å². The molecule has 7 heteroatoms. The van der Waals surface area contributed by atoms with Crippen LogP contribution in [0.25, 0.3) is 0 Å². The summed E-state index contributed by atoms with van der Waals surface area (Å²) in [5.74, 6) is 1.41. The third-order valence-corrected chi connectivity index (χ3v) is 4.67. The lowest BCUT2D eigenvalue weighted by Crippen LogP contribution is -2.27. The molecule has 0 aliphatic heterocycles. The first-order valence-electron chi connectivity index (χ1n) is 8.32. The van der Waals surface area contributed by atoms with Crippen molar-refractivity contribution < 1.29 is 14.6 Å². The van der Waals surface area contributed by atoms with Gasteiger partial charge in [0.1, 0.15) is 11.8 Å². The molecule has 1 aliphatic rings. The van der Waals surface area contributed by atoms with Crippen LogP contribution in [0.5, 0.6) is 11.6 Å². The summed E-state index contributed by atoms with van der Waals surface area (Å²) < 4.78 is 8.40. The molecule has 7 nitrogen and oxygen atoms in total. The van der Waals surface area contributed by atoms with E-state index in [1.54, 1.807) is 41.9 Å². The van der Waals surface area contributed by atoms with Gasteiger partial charge in [-0.2, -0.15) is 5.10 Å². The first-order chi connectivity index (χ1) is 11.6. The number of carbonyl (C=O) groups is 1. The number of aromatic nitrogens is 3. The van der Waals surface area contributed by atoms with Crippen LogP contribution in [-0.4, -0.2) is 32.5 Å². The number of aryl methyl sites for hydroxylation is 1. The first kappa shape index (κ1) is 16.4. The molecular formula is C17H24N4O3. The highest BCUT2D eigenvalue weighted by molar-refractivity contribution is 5.93. The standard InChI is InChI=1S/C17H24N4O3/c1-20-8-7-15(19-20)18-17(23)14(9-12-5-3-4-6-12)21-11-13(24-2)10-16(21)22/h7-8,10-12,14,22H,3-6,9H2,1-2H3,(H,18,19,23)/t14-/m0/s1. The van der Waals surface area contributed by atoms with Crippen molar-refractivity contribution in [3.05, 3.63) is 24.5 Å². The quantitative estimate of drug-likeness (QED) is 0.852. The molecule has 1 atom stereocenters. The fourth-order valence-corrected chi connectivity index (χ4v) is 3.40. The van der Waals surface area contributed by atoms with Crippen molar-refractivity contribution in [3.63, 3.8) is 0 Å². The summed E-state index contributed by atoms with van der Waals surface area (Å²) in [6.07, 6.45) is 8.83. The molecule has 3 rings (SSSR count). The number of anilines is 1. The van der Waals surface area contributed by atoms with Crippen molar-refractivity contribution in [1.29, 1.82) is 0 Å². The molecule has 1 fully saturated rings. The Hall–Kier alpha value is -2.44. The Kier molecular flexibility index (Phi) is 4.78. The average molecular weight is 332 g/mol. The summed E-state index contributed by atoms with van der Waals surface area (Å²) in [6, 6.07) is 2.79. The number of methoxy groups -OCH3 is 1. The number of carbonyl (C=O) groups excluding carboxylic acids is 1. The van der Waals surface area contributed by atoms with Crippen molar-refractivity contribution in [1.82, 2.24) is 14.3 Å². The Bertz CT molecular complexity index is 701. The zero-order chi connectivity index (χ0) is 17.1. The highest BCUT2D eigenvalue weighted by Gasteiger charge is 2.28. The number of nitrogens with one attached hydrogen (secondary N) is 1. The SMILES string of the molecule is COc1cc(O)n([C@@H](CC2CCCC2)C(=O)Nc2ccn(C)n2)c1. The zero-order valence-electron chi connectivity index (χ0n) is 14.1. The summed E-state index contributed by atoms with van der Waals surface area (Å²) in [5, 5.41) is 17.2. The molecule has 130 valence electrons. The van der Waals surface area contributed by atoms with Gasteiger partial charge in [-0.05, 0) is 12.3 Å². The second-order valence-electron chi connectivity index (χ2n) is 6.41. The van der Waals surface area contributed by atoms with Crippen molar-refractivity contribution in [2.45, 2.75) is 38.1 Å². The number of aromatic hydroxyl groups is 1. The van der Waals surface area contributed by atoms with E-state index in [1.807, 2.05) is 0 Å². The molecule has 1 amide bonds. The molecule has 24 heavy (non-hydrogen) atoms. The van der Waals surface area contributed by atoms with Gasteiger partial charge in [0.25, 0.3) is 0 Å². The van der Waals surface area contributed by atoms with E-state index in [2.05, 4.69) is 10.4 Å². The van der Waals surface area contributed by atoms with Gasteiger partial charge in [-0.3, -0.25) is 9.48 Å². The number of hydrogen-bond donors (Lipinski definition) is 2. The largest absolute Gasteiger partial charge is 0.495 e. The van der Waals surface area contributed by atoms with Gasteiger partial charge in [0.05, 0.1) is 13.3 Å². The van der Waals surface area contributed by atoms with E-state index in [0.717, 1.165) is 12.8 Å².